The second-order valence-electron chi connectivity index (χ2n) is 3.80. The first-order chi connectivity index (χ1) is 7.40. The van der Waals surface area contributed by atoms with Gasteiger partial charge in [0.15, 0.2) is 0 Å². The molecule has 2 aliphatic heterocycles. The number of thiophene rings is 1. The standard InChI is InChI=1S/C12H8S3/c1-4-14-11-8(1)7-10-12(3-6-13-10)9(11)2-5-15-12/h1-4,6-7H,5H2. The molecule has 15 heavy (non-hydrogen) atoms. The predicted molar refractivity (Wildman–Crippen MR) is 72.2 cm³/mol. The van der Waals surface area contributed by atoms with Gasteiger partial charge in [-0.2, -0.15) is 0 Å². The molecule has 3 heterocycles. The molecule has 3 heteroatoms. The Morgan fingerprint density at radius 2 is 2.33 bits per heavy atom. The molecule has 0 aromatic carbocycles. The smallest absolute Gasteiger partial charge is 0.0921 e. The number of hydrogen-bond donors (Lipinski definition) is 0. The summed E-state index contributed by atoms with van der Waals surface area (Å²) in [4.78, 5) is 2.98. The van der Waals surface area contributed by atoms with E-state index in [1.165, 1.54) is 20.9 Å². The Morgan fingerprint density at radius 1 is 1.33 bits per heavy atom. The lowest BCUT2D eigenvalue weighted by molar-refractivity contribution is 1.17. The number of thioether (sulfide) groups is 2. The molecule has 0 radical (unpaired) electrons. The maximum Gasteiger partial charge on any atom is 0.0921 e. The summed E-state index contributed by atoms with van der Waals surface area (Å²) in [7, 11) is 0. The Morgan fingerprint density at radius 3 is 3.33 bits per heavy atom. The Kier molecular flexibility index (Phi) is 1.66. The van der Waals surface area contributed by atoms with Crippen molar-refractivity contribution >= 4 is 46.5 Å². The summed E-state index contributed by atoms with van der Waals surface area (Å²) in [6.45, 7) is 0. The quantitative estimate of drug-likeness (QED) is 0.674. The van der Waals surface area contributed by atoms with Gasteiger partial charge in [-0.1, -0.05) is 12.2 Å². The highest BCUT2D eigenvalue weighted by atomic mass is 32.2. The van der Waals surface area contributed by atoms with Crippen LogP contribution in [-0.2, 0) is 0 Å². The predicted octanol–water partition coefficient (Wildman–Crippen LogP) is 4.23. The van der Waals surface area contributed by atoms with Crippen molar-refractivity contribution in [2.24, 2.45) is 0 Å². The molecule has 0 saturated heterocycles. The van der Waals surface area contributed by atoms with Crippen LogP contribution in [0.3, 0.4) is 0 Å². The zero-order valence-electron chi connectivity index (χ0n) is 7.90. The van der Waals surface area contributed by atoms with E-state index in [-0.39, 0.29) is 4.75 Å². The van der Waals surface area contributed by atoms with Gasteiger partial charge in [0, 0.05) is 15.5 Å². The second-order valence-corrected chi connectivity index (χ2v) is 6.93. The SMILES string of the molecule is C1=CC23SCC=C2c2sccc2C=C3S1. The molecule has 1 unspecified atom stereocenters. The van der Waals surface area contributed by atoms with E-state index >= 15 is 0 Å². The molecular formula is C12H8S3. The molecule has 0 N–H and O–H groups in total. The highest BCUT2D eigenvalue weighted by Gasteiger charge is 2.45. The van der Waals surface area contributed by atoms with Crippen LogP contribution in [0.1, 0.15) is 10.4 Å². The van der Waals surface area contributed by atoms with Crippen LogP contribution in [0.2, 0.25) is 0 Å². The van der Waals surface area contributed by atoms with E-state index in [0.717, 1.165) is 5.75 Å². The van der Waals surface area contributed by atoms with Crippen molar-refractivity contribution in [3.63, 3.8) is 0 Å². The molecule has 3 aliphatic rings. The van der Waals surface area contributed by atoms with Crippen LogP contribution in [0.5, 0.6) is 0 Å². The molecule has 74 valence electrons. The van der Waals surface area contributed by atoms with Gasteiger partial charge in [0.05, 0.1) is 4.75 Å². The summed E-state index contributed by atoms with van der Waals surface area (Å²) in [5.74, 6) is 1.15. The summed E-state index contributed by atoms with van der Waals surface area (Å²) in [6, 6.07) is 2.24. The van der Waals surface area contributed by atoms with Gasteiger partial charge < -0.3 is 0 Å². The third kappa shape index (κ3) is 0.967. The fraction of sp³-hybridized carbons (Fsp3) is 0.167. The molecule has 1 aliphatic carbocycles. The van der Waals surface area contributed by atoms with Gasteiger partial charge in [0.1, 0.15) is 0 Å². The van der Waals surface area contributed by atoms with Gasteiger partial charge in [-0.05, 0) is 34.1 Å². The maximum atomic E-state index is 2.41. The van der Waals surface area contributed by atoms with Gasteiger partial charge in [-0.3, -0.25) is 0 Å². The molecule has 1 aromatic rings. The van der Waals surface area contributed by atoms with Crippen molar-refractivity contribution in [1.29, 1.82) is 0 Å². The number of rotatable bonds is 0. The van der Waals surface area contributed by atoms with Crippen LogP contribution in [0.4, 0.5) is 0 Å². The van der Waals surface area contributed by atoms with Crippen LogP contribution in [-0.4, -0.2) is 10.5 Å². The van der Waals surface area contributed by atoms with Gasteiger partial charge in [0.25, 0.3) is 0 Å². The van der Waals surface area contributed by atoms with Crippen molar-refractivity contribution in [2.45, 2.75) is 4.75 Å². The summed E-state index contributed by atoms with van der Waals surface area (Å²) in [6.07, 6.45) is 7.14. The summed E-state index contributed by atoms with van der Waals surface area (Å²) in [5.41, 5.74) is 2.95. The fourth-order valence-electron chi connectivity index (χ4n) is 2.40. The van der Waals surface area contributed by atoms with Crippen LogP contribution in [0.25, 0.3) is 11.6 Å². The summed E-state index contributed by atoms with van der Waals surface area (Å²) >= 11 is 5.81. The Hall–Kier alpha value is -0.380. The molecule has 0 amide bonds. The zero-order valence-corrected chi connectivity index (χ0v) is 10.3. The molecule has 0 nitrogen and oxygen atoms in total. The van der Waals surface area contributed by atoms with Crippen LogP contribution < -0.4 is 0 Å². The molecular weight excluding hydrogens is 240 g/mol. The topological polar surface area (TPSA) is 0 Å². The maximum absolute atomic E-state index is 2.41. The van der Waals surface area contributed by atoms with E-state index in [2.05, 4.69) is 35.1 Å². The lowest BCUT2D eigenvalue weighted by Crippen LogP contribution is -2.22. The third-order valence-electron chi connectivity index (χ3n) is 3.09. The molecule has 1 atom stereocenters. The first-order valence-corrected chi connectivity index (χ1v) is 7.64. The summed E-state index contributed by atoms with van der Waals surface area (Å²) in [5, 5.41) is 4.45. The minimum absolute atomic E-state index is 0.197. The van der Waals surface area contributed by atoms with E-state index in [1.807, 2.05) is 34.9 Å². The van der Waals surface area contributed by atoms with Crippen LogP contribution in [0.15, 0.2) is 33.9 Å². The average Bonchev–Trinajstić information content (AvgIpc) is 2.90. The molecule has 0 bridgehead atoms. The van der Waals surface area contributed by atoms with Crippen molar-refractivity contribution in [3.8, 4) is 0 Å². The molecule has 0 saturated carbocycles. The lowest BCUT2D eigenvalue weighted by atomic mass is 9.89. The average molecular weight is 248 g/mol. The normalized spacial score (nSPS) is 30.7. The van der Waals surface area contributed by atoms with E-state index < -0.39 is 0 Å². The van der Waals surface area contributed by atoms with Crippen molar-refractivity contribution < 1.29 is 0 Å². The molecule has 1 spiro atoms. The minimum Gasteiger partial charge on any atom is -0.143 e. The zero-order chi connectivity index (χ0) is 9.88. The van der Waals surface area contributed by atoms with E-state index in [1.54, 1.807) is 0 Å². The number of hydrogen-bond acceptors (Lipinski definition) is 3. The molecule has 0 fully saturated rings. The van der Waals surface area contributed by atoms with Crippen molar-refractivity contribution in [1.82, 2.24) is 0 Å². The first kappa shape index (κ1) is 8.74. The van der Waals surface area contributed by atoms with E-state index in [4.69, 9.17) is 0 Å². The minimum atomic E-state index is 0.197. The largest absolute Gasteiger partial charge is 0.143 e. The van der Waals surface area contributed by atoms with Gasteiger partial charge in [0.2, 0.25) is 0 Å². The second kappa shape index (κ2) is 2.84. The third-order valence-corrected chi connectivity index (χ3v) is 6.51. The summed E-state index contributed by atoms with van der Waals surface area (Å²) < 4.78 is 0.197. The monoisotopic (exact) mass is 248 g/mol. The Labute approximate surface area is 101 Å². The van der Waals surface area contributed by atoms with Gasteiger partial charge in [-0.25, -0.2) is 0 Å². The Bertz CT molecular complexity index is 533. The van der Waals surface area contributed by atoms with E-state index in [0.29, 0.717) is 0 Å². The van der Waals surface area contributed by atoms with Crippen LogP contribution in [0, 0.1) is 0 Å². The van der Waals surface area contributed by atoms with Crippen molar-refractivity contribution in [3.05, 3.63) is 44.4 Å². The fourth-order valence-corrected chi connectivity index (χ4v) is 6.04. The number of fused-ring (bicyclic) bond motifs is 2. The lowest BCUT2D eigenvalue weighted by Gasteiger charge is -2.29. The highest BCUT2D eigenvalue weighted by Crippen LogP contribution is 2.61. The van der Waals surface area contributed by atoms with Gasteiger partial charge in [-0.15, -0.1) is 34.9 Å². The highest BCUT2D eigenvalue weighted by molar-refractivity contribution is 8.10. The Balaban J connectivity index is 2.07. The van der Waals surface area contributed by atoms with E-state index in [9.17, 15) is 0 Å². The first-order valence-electron chi connectivity index (χ1n) is 4.89. The molecule has 1 aromatic heterocycles. The van der Waals surface area contributed by atoms with Crippen LogP contribution >= 0.6 is 34.9 Å². The van der Waals surface area contributed by atoms with Crippen molar-refractivity contribution in [2.75, 3.05) is 5.75 Å². The van der Waals surface area contributed by atoms with Gasteiger partial charge >= 0.3 is 0 Å². The molecule has 4 rings (SSSR count).